The van der Waals surface area contributed by atoms with E-state index in [1.54, 1.807) is 33.0 Å². The number of nitrogens with zero attached hydrogens (tertiary/aromatic N) is 4. The highest BCUT2D eigenvalue weighted by molar-refractivity contribution is 8.09. The van der Waals surface area contributed by atoms with Crippen LogP contribution in [0.15, 0.2) is 48.8 Å². The molecule has 5 rings (SSSR count). The summed E-state index contributed by atoms with van der Waals surface area (Å²) in [7, 11) is 1.69. The maximum absolute atomic E-state index is 16.0. The number of imidazole rings is 1. The minimum atomic E-state index is -3.65. The Labute approximate surface area is 282 Å². The summed E-state index contributed by atoms with van der Waals surface area (Å²) in [5.74, 6) is 0.373. The summed E-state index contributed by atoms with van der Waals surface area (Å²) in [6, 6.07) is 12.1. The Hall–Kier alpha value is -2.97. The number of anilines is 1. The smallest absolute Gasteiger partial charge is 0.323 e. The molecule has 0 saturated carbocycles. The number of rotatable bonds is 12. The summed E-state index contributed by atoms with van der Waals surface area (Å²) >= 11 is 12.3. The van der Waals surface area contributed by atoms with Crippen LogP contribution in [0.3, 0.4) is 0 Å². The molecule has 3 N–H and O–H groups in total. The highest BCUT2D eigenvalue weighted by Gasteiger charge is 2.57. The maximum atomic E-state index is 16.0. The third-order valence-corrected chi connectivity index (χ3v) is 10.5. The average Bonchev–Trinajstić information content (AvgIpc) is 3.56. The van der Waals surface area contributed by atoms with E-state index in [0.717, 1.165) is 10.8 Å². The number of esters is 1. The molecule has 0 aliphatic carbocycles. The summed E-state index contributed by atoms with van der Waals surface area (Å²) in [6.45, 7) is 5.17. The van der Waals surface area contributed by atoms with E-state index in [1.165, 1.54) is 10.9 Å². The molecule has 12 nitrogen and oxygen atoms in total. The molecule has 16 heteroatoms. The third-order valence-electron chi connectivity index (χ3n) is 7.54. The van der Waals surface area contributed by atoms with Crippen molar-refractivity contribution in [3.05, 3.63) is 54.6 Å². The van der Waals surface area contributed by atoms with Gasteiger partial charge < -0.3 is 28.9 Å². The van der Waals surface area contributed by atoms with Crippen molar-refractivity contribution in [3.63, 3.8) is 0 Å². The van der Waals surface area contributed by atoms with Crippen LogP contribution in [-0.2, 0) is 30.6 Å². The molecule has 0 radical (unpaired) electrons. The fourth-order valence-electron chi connectivity index (χ4n) is 5.08. The van der Waals surface area contributed by atoms with Gasteiger partial charge in [-0.2, -0.15) is 0 Å². The largest absolute Gasteiger partial charge is 0.464 e. The predicted octanol–water partition coefficient (Wildman–Crippen LogP) is 5.42. The number of carbonyl (C=O) groups excluding carboxylic acids is 1. The molecule has 4 aromatic rings. The lowest BCUT2D eigenvalue weighted by molar-refractivity contribution is -0.148. The predicted molar refractivity (Wildman–Crippen MR) is 182 cm³/mol. The number of aliphatic hydroxyl groups is 1. The Kier molecular flexibility index (Phi) is 10.4. The number of aliphatic hydroxyl groups excluding tert-OH is 1. The van der Waals surface area contributed by atoms with Crippen molar-refractivity contribution in [2.24, 2.45) is 5.41 Å². The van der Waals surface area contributed by atoms with E-state index in [-0.39, 0.29) is 17.9 Å². The highest BCUT2D eigenvalue weighted by atomic mass is 35.5. The van der Waals surface area contributed by atoms with Crippen LogP contribution in [0.2, 0.25) is 0 Å². The number of hydrogen-bond acceptors (Lipinski definition) is 11. The van der Waals surface area contributed by atoms with Gasteiger partial charge in [0.15, 0.2) is 29.4 Å². The van der Waals surface area contributed by atoms with Gasteiger partial charge in [0.05, 0.1) is 25.4 Å². The SMILES string of the molecule is CNc1nc(C)nc2c1ncn2[C@@H]1O[C@](CCl)(CO[P@@](=S)(N[C@H](C)C(=O)OCC(C)(C)C)Oc2cccc3ccccc23)[C@@H](O)[C@H]1F. The van der Waals surface area contributed by atoms with Gasteiger partial charge in [0.1, 0.15) is 29.3 Å². The molecule has 3 heterocycles. The molecule has 0 amide bonds. The molecule has 2 aromatic heterocycles. The Bertz CT molecular complexity index is 1800. The summed E-state index contributed by atoms with van der Waals surface area (Å²) in [6.07, 6.45) is -3.66. The van der Waals surface area contributed by atoms with E-state index in [4.69, 9.17) is 41.9 Å². The van der Waals surface area contributed by atoms with Crippen molar-refractivity contribution in [1.82, 2.24) is 24.6 Å². The molecule has 0 unspecified atom stereocenters. The van der Waals surface area contributed by atoms with Gasteiger partial charge in [-0.15, -0.1) is 11.6 Å². The molecule has 0 bridgehead atoms. The lowest BCUT2D eigenvalue weighted by Gasteiger charge is -2.33. The lowest BCUT2D eigenvalue weighted by atomic mass is 9.99. The lowest BCUT2D eigenvalue weighted by Crippen LogP contribution is -2.48. The van der Waals surface area contributed by atoms with Gasteiger partial charge >= 0.3 is 12.6 Å². The van der Waals surface area contributed by atoms with E-state index in [1.807, 2.05) is 51.1 Å². The molecule has 1 fully saturated rings. The van der Waals surface area contributed by atoms with E-state index in [9.17, 15) is 9.90 Å². The van der Waals surface area contributed by atoms with E-state index in [0.29, 0.717) is 28.6 Å². The standard InChI is InChI=1S/C31H39ClFN6O6PS/c1-18(29(41)42-15-30(3,4)5)38-46(47,45-22-13-9-11-20-10-7-8-12-21(20)22)43-16-31(14-32)25(40)23(33)28(44-31)39-17-35-24-26(34-6)36-19(2)37-27(24)39/h7-13,17-18,23,25,28,40H,14-16H2,1-6H3,(H,38,47)(H,34,36,37)/t18-,23-,25+,28-,31-,46+/m1/s1. The minimum absolute atomic E-state index is 0.184. The number of benzene rings is 2. The van der Waals surface area contributed by atoms with Crippen LogP contribution in [0, 0.1) is 12.3 Å². The number of halogens is 2. The van der Waals surface area contributed by atoms with E-state index in [2.05, 4.69) is 25.4 Å². The first-order chi connectivity index (χ1) is 22.2. The van der Waals surface area contributed by atoms with Crippen molar-refractivity contribution >= 4 is 63.8 Å². The molecule has 254 valence electrons. The Morgan fingerprint density at radius 3 is 2.68 bits per heavy atom. The first kappa shape index (κ1) is 35.3. The number of aromatic nitrogens is 4. The molecule has 1 aliphatic rings. The number of fused-ring (bicyclic) bond motifs is 2. The molecule has 47 heavy (non-hydrogen) atoms. The second kappa shape index (κ2) is 13.9. The van der Waals surface area contributed by atoms with Crippen molar-refractivity contribution < 1.29 is 32.8 Å². The van der Waals surface area contributed by atoms with E-state index < -0.39 is 49.4 Å². The molecule has 1 saturated heterocycles. The van der Waals surface area contributed by atoms with Crippen molar-refractivity contribution in [1.29, 1.82) is 0 Å². The first-order valence-corrected chi connectivity index (χ1v) is 18.2. The van der Waals surface area contributed by atoms with Crippen molar-refractivity contribution in [3.8, 4) is 5.75 Å². The summed E-state index contributed by atoms with van der Waals surface area (Å²) in [4.78, 5) is 26.1. The number of hydrogen-bond donors (Lipinski definition) is 3. The van der Waals surface area contributed by atoms with Gasteiger partial charge in [-0.3, -0.25) is 9.36 Å². The number of alkyl halides is 2. The summed E-state index contributed by atoms with van der Waals surface area (Å²) in [5, 5.41) is 18.9. The van der Waals surface area contributed by atoms with Crippen LogP contribution in [0.5, 0.6) is 5.75 Å². The zero-order valence-electron chi connectivity index (χ0n) is 26.9. The Morgan fingerprint density at radius 1 is 1.26 bits per heavy atom. The normalized spacial score (nSPS) is 23.5. The van der Waals surface area contributed by atoms with Gasteiger partial charge in [0, 0.05) is 12.4 Å². The molecule has 1 aliphatic heterocycles. The topological polar surface area (TPSA) is 142 Å². The van der Waals surface area contributed by atoms with Crippen LogP contribution < -0.4 is 14.9 Å². The average molecular weight is 709 g/mol. The fraction of sp³-hybridized carbons (Fsp3) is 0.484. The quantitative estimate of drug-likeness (QED) is 0.0983. The Balaban J connectivity index is 1.44. The third kappa shape index (κ3) is 7.54. The summed E-state index contributed by atoms with van der Waals surface area (Å²) < 4.78 is 41.6. The second-order valence-corrected chi connectivity index (χ2v) is 16.1. The van der Waals surface area contributed by atoms with Gasteiger partial charge in [-0.25, -0.2) is 24.4 Å². The molecule has 0 spiro atoms. The zero-order chi connectivity index (χ0) is 34.1. The van der Waals surface area contributed by atoms with Crippen molar-refractivity contribution in [2.75, 3.05) is 31.5 Å². The molecule has 2 aromatic carbocycles. The first-order valence-electron chi connectivity index (χ1n) is 15.0. The van der Waals surface area contributed by atoms with Crippen LogP contribution in [0.1, 0.15) is 39.7 Å². The minimum Gasteiger partial charge on any atom is -0.464 e. The van der Waals surface area contributed by atoms with Crippen LogP contribution in [0.4, 0.5) is 10.2 Å². The maximum Gasteiger partial charge on any atom is 0.323 e. The van der Waals surface area contributed by atoms with Crippen LogP contribution in [-0.4, -0.2) is 80.7 Å². The van der Waals surface area contributed by atoms with E-state index >= 15 is 4.39 Å². The fourth-order valence-corrected chi connectivity index (χ4v) is 7.82. The number of aryl methyl sites for hydroxylation is 1. The van der Waals surface area contributed by atoms with Crippen LogP contribution >= 0.6 is 18.2 Å². The Morgan fingerprint density at radius 2 is 1.98 bits per heavy atom. The van der Waals surface area contributed by atoms with Crippen LogP contribution in [0.25, 0.3) is 21.9 Å². The van der Waals surface area contributed by atoms with Gasteiger partial charge in [0.25, 0.3) is 0 Å². The highest BCUT2D eigenvalue weighted by Crippen LogP contribution is 2.50. The number of carbonyl (C=O) groups is 1. The zero-order valence-corrected chi connectivity index (χ0v) is 29.4. The molecule has 6 atom stereocenters. The molecular formula is C31H39ClFN6O6PS. The summed E-state index contributed by atoms with van der Waals surface area (Å²) in [5.41, 5.74) is -1.31. The van der Waals surface area contributed by atoms with Gasteiger partial charge in [0.2, 0.25) is 0 Å². The van der Waals surface area contributed by atoms with Gasteiger partial charge in [-0.1, -0.05) is 57.2 Å². The van der Waals surface area contributed by atoms with Crippen molar-refractivity contribution in [2.45, 2.75) is 64.8 Å². The number of nitrogens with one attached hydrogen (secondary N) is 2. The monoisotopic (exact) mass is 708 g/mol. The number of ether oxygens (including phenoxy) is 2. The second-order valence-electron chi connectivity index (χ2n) is 12.6. The molecular weight excluding hydrogens is 670 g/mol. The van der Waals surface area contributed by atoms with Gasteiger partial charge in [-0.05, 0) is 42.5 Å².